The highest BCUT2D eigenvalue weighted by molar-refractivity contribution is 5.69. The van der Waals surface area contributed by atoms with Crippen LogP contribution in [0.1, 0.15) is 39.0 Å². The lowest BCUT2D eigenvalue weighted by molar-refractivity contribution is -0.144. The quantitative estimate of drug-likeness (QED) is 0.301. The van der Waals surface area contributed by atoms with E-state index in [1.54, 1.807) is 6.92 Å². The maximum absolute atomic E-state index is 11.4. The number of carbonyl (C=O) groups is 1. The molecule has 0 unspecified atom stereocenters. The third-order valence-corrected chi connectivity index (χ3v) is 3.18. The van der Waals surface area contributed by atoms with Crippen molar-refractivity contribution in [2.45, 2.75) is 39.0 Å². The zero-order valence-corrected chi connectivity index (χ0v) is 9.76. The zero-order valence-electron chi connectivity index (χ0n) is 9.76. The summed E-state index contributed by atoms with van der Waals surface area (Å²) in [4.78, 5) is 14.2. The normalized spacial score (nSPS) is 17.8. The Bertz CT molecular complexity index is 268. The Morgan fingerprint density at radius 2 is 2.25 bits per heavy atom. The van der Waals surface area contributed by atoms with Crippen LogP contribution in [0.5, 0.6) is 0 Å². The summed E-state index contributed by atoms with van der Waals surface area (Å²) >= 11 is 0. The van der Waals surface area contributed by atoms with Gasteiger partial charge in [0.05, 0.1) is 6.61 Å². The van der Waals surface area contributed by atoms with E-state index in [1.165, 1.54) is 12.8 Å². The van der Waals surface area contributed by atoms with Crippen LogP contribution in [0.15, 0.2) is 5.11 Å². The maximum atomic E-state index is 11.4. The summed E-state index contributed by atoms with van der Waals surface area (Å²) in [7, 11) is 0. The average molecular weight is 225 g/mol. The van der Waals surface area contributed by atoms with E-state index in [2.05, 4.69) is 10.0 Å². The fourth-order valence-electron chi connectivity index (χ4n) is 2.38. The summed E-state index contributed by atoms with van der Waals surface area (Å²) in [5.41, 5.74) is 8.34. The summed E-state index contributed by atoms with van der Waals surface area (Å²) < 4.78 is 4.94. The van der Waals surface area contributed by atoms with Gasteiger partial charge >= 0.3 is 5.97 Å². The summed E-state index contributed by atoms with van der Waals surface area (Å²) in [6, 6.07) is 0. The molecule has 1 fully saturated rings. The molecule has 1 aliphatic carbocycles. The van der Waals surface area contributed by atoms with Crippen molar-refractivity contribution in [1.82, 2.24) is 0 Å². The number of esters is 1. The molecule has 0 saturated heterocycles. The second-order valence-corrected chi connectivity index (χ2v) is 4.23. The van der Waals surface area contributed by atoms with E-state index < -0.39 is 0 Å². The number of ether oxygens (including phenoxy) is 1. The largest absolute Gasteiger partial charge is 0.466 e. The van der Waals surface area contributed by atoms with Crippen molar-refractivity contribution >= 4 is 5.97 Å². The molecule has 0 heterocycles. The average Bonchev–Trinajstić information content (AvgIpc) is 2.77. The highest BCUT2D eigenvalue weighted by atomic mass is 16.5. The van der Waals surface area contributed by atoms with Gasteiger partial charge in [-0.2, -0.15) is 0 Å². The monoisotopic (exact) mass is 225 g/mol. The first kappa shape index (κ1) is 12.8. The first-order valence-electron chi connectivity index (χ1n) is 5.94. The predicted molar refractivity (Wildman–Crippen MR) is 60.7 cm³/mol. The van der Waals surface area contributed by atoms with Crippen molar-refractivity contribution in [3.05, 3.63) is 10.4 Å². The minimum atomic E-state index is -0.174. The number of carbonyl (C=O) groups excluding carboxylic acids is 1. The number of hydrogen-bond donors (Lipinski definition) is 0. The molecule has 5 heteroatoms. The van der Waals surface area contributed by atoms with Gasteiger partial charge in [0.2, 0.25) is 0 Å². The topological polar surface area (TPSA) is 75.1 Å². The van der Waals surface area contributed by atoms with Crippen molar-refractivity contribution in [2.24, 2.45) is 17.0 Å². The standard InChI is InChI=1S/C11H19N3O2/c1-2-16-11(15)7-10(8-13-14-12)9-5-3-4-6-9/h9-10H,2-8H2,1H3/t10-/m0/s1. The van der Waals surface area contributed by atoms with Crippen LogP contribution >= 0.6 is 0 Å². The van der Waals surface area contributed by atoms with Crippen LogP contribution in [0.25, 0.3) is 10.4 Å². The SMILES string of the molecule is CCOC(=O)C[C@@H](CN=[N+]=[N-])C1CCCC1. The summed E-state index contributed by atoms with van der Waals surface area (Å²) in [6.07, 6.45) is 5.12. The van der Waals surface area contributed by atoms with Gasteiger partial charge in [0, 0.05) is 17.9 Å². The first-order valence-corrected chi connectivity index (χ1v) is 5.94. The van der Waals surface area contributed by atoms with Gasteiger partial charge in [-0.25, -0.2) is 0 Å². The van der Waals surface area contributed by atoms with Crippen LogP contribution in [0.2, 0.25) is 0 Å². The molecule has 0 radical (unpaired) electrons. The molecule has 0 N–H and O–H groups in total. The fraction of sp³-hybridized carbons (Fsp3) is 0.909. The minimum Gasteiger partial charge on any atom is -0.466 e. The summed E-state index contributed by atoms with van der Waals surface area (Å²) in [5, 5.41) is 3.60. The number of rotatable bonds is 6. The molecule has 0 bridgehead atoms. The molecule has 90 valence electrons. The molecule has 1 aliphatic rings. The molecule has 16 heavy (non-hydrogen) atoms. The smallest absolute Gasteiger partial charge is 0.306 e. The first-order chi connectivity index (χ1) is 7.77. The number of hydrogen-bond acceptors (Lipinski definition) is 3. The van der Waals surface area contributed by atoms with Crippen LogP contribution in [-0.2, 0) is 9.53 Å². The van der Waals surface area contributed by atoms with Crippen LogP contribution in [0, 0.1) is 11.8 Å². The van der Waals surface area contributed by atoms with Gasteiger partial charge < -0.3 is 4.74 Å². The lowest BCUT2D eigenvalue weighted by atomic mass is 9.88. The van der Waals surface area contributed by atoms with Gasteiger partial charge in [0.1, 0.15) is 0 Å². The van der Waals surface area contributed by atoms with Crippen LogP contribution in [0.4, 0.5) is 0 Å². The lowest BCUT2D eigenvalue weighted by Gasteiger charge is -2.20. The van der Waals surface area contributed by atoms with E-state index in [1.807, 2.05) is 0 Å². The highest BCUT2D eigenvalue weighted by Crippen LogP contribution is 2.33. The summed E-state index contributed by atoms with van der Waals surface area (Å²) in [5.74, 6) is 0.514. The summed E-state index contributed by atoms with van der Waals surface area (Å²) in [6.45, 7) is 2.63. The van der Waals surface area contributed by atoms with Crippen LogP contribution in [0.3, 0.4) is 0 Å². The Morgan fingerprint density at radius 3 is 2.81 bits per heavy atom. The van der Waals surface area contributed by atoms with Crippen molar-refractivity contribution in [2.75, 3.05) is 13.2 Å². The molecule has 1 rings (SSSR count). The molecule has 5 nitrogen and oxygen atoms in total. The third kappa shape index (κ3) is 4.11. The van der Waals surface area contributed by atoms with E-state index in [0.717, 1.165) is 12.8 Å². The van der Waals surface area contributed by atoms with Crippen LogP contribution < -0.4 is 0 Å². The second-order valence-electron chi connectivity index (χ2n) is 4.23. The number of nitrogens with zero attached hydrogens (tertiary/aromatic N) is 3. The van der Waals surface area contributed by atoms with E-state index in [9.17, 15) is 4.79 Å². The Labute approximate surface area is 95.8 Å². The van der Waals surface area contributed by atoms with Gasteiger partial charge in [0.25, 0.3) is 0 Å². The molecule has 0 aromatic carbocycles. The molecule has 1 atom stereocenters. The molecule has 1 saturated carbocycles. The van der Waals surface area contributed by atoms with Crippen molar-refractivity contribution in [1.29, 1.82) is 0 Å². The van der Waals surface area contributed by atoms with Crippen molar-refractivity contribution in [3.63, 3.8) is 0 Å². The predicted octanol–water partition coefficient (Wildman–Crippen LogP) is 3.06. The van der Waals surface area contributed by atoms with Gasteiger partial charge in [-0.1, -0.05) is 30.8 Å². The molecule has 0 aromatic rings. The molecule has 0 spiro atoms. The van der Waals surface area contributed by atoms with E-state index in [0.29, 0.717) is 25.5 Å². The minimum absolute atomic E-state index is 0.164. The maximum Gasteiger partial charge on any atom is 0.306 e. The van der Waals surface area contributed by atoms with Gasteiger partial charge in [-0.3, -0.25) is 4.79 Å². The zero-order chi connectivity index (χ0) is 11.8. The third-order valence-electron chi connectivity index (χ3n) is 3.18. The number of azide groups is 1. The molecule has 0 aliphatic heterocycles. The Kier molecular flexibility index (Phi) is 5.72. The Hall–Kier alpha value is -1.22. The van der Waals surface area contributed by atoms with E-state index in [-0.39, 0.29) is 11.9 Å². The van der Waals surface area contributed by atoms with E-state index >= 15 is 0 Å². The van der Waals surface area contributed by atoms with Crippen molar-refractivity contribution in [3.8, 4) is 0 Å². The van der Waals surface area contributed by atoms with Gasteiger partial charge in [-0.05, 0) is 24.3 Å². The second kappa shape index (κ2) is 7.12. The Balaban J connectivity index is 2.48. The fourth-order valence-corrected chi connectivity index (χ4v) is 2.38. The molecular weight excluding hydrogens is 206 g/mol. The van der Waals surface area contributed by atoms with E-state index in [4.69, 9.17) is 10.3 Å². The Morgan fingerprint density at radius 1 is 1.56 bits per heavy atom. The van der Waals surface area contributed by atoms with Crippen LogP contribution in [-0.4, -0.2) is 19.1 Å². The van der Waals surface area contributed by atoms with Gasteiger partial charge in [-0.15, -0.1) is 0 Å². The molecule has 0 aromatic heterocycles. The highest BCUT2D eigenvalue weighted by Gasteiger charge is 2.26. The van der Waals surface area contributed by atoms with Gasteiger partial charge in [0.15, 0.2) is 0 Å². The molecule has 0 amide bonds. The molecular formula is C11H19N3O2. The lowest BCUT2D eigenvalue weighted by Crippen LogP contribution is -2.20. The van der Waals surface area contributed by atoms with Crippen molar-refractivity contribution < 1.29 is 9.53 Å².